The van der Waals surface area contributed by atoms with E-state index in [9.17, 15) is 4.79 Å². The Kier molecular flexibility index (Phi) is 2.26. The second kappa shape index (κ2) is 3.73. The second-order valence-electron chi connectivity index (χ2n) is 2.78. The van der Waals surface area contributed by atoms with Crippen LogP contribution in [-0.4, -0.2) is 10.6 Å². The van der Waals surface area contributed by atoms with Gasteiger partial charge >= 0.3 is 0 Å². The van der Waals surface area contributed by atoms with Crippen LogP contribution in [0.4, 0.5) is 5.69 Å². The molecule has 0 N–H and O–H groups in total. The van der Waals surface area contributed by atoms with Crippen LogP contribution < -0.4 is 0 Å². The van der Waals surface area contributed by atoms with Crippen molar-refractivity contribution in [2.45, 2.75) is 0 Å². The Morgan fingerprint density at radius 2 is 1.79 bits per heavy atom. The second-order valence-corrected chi connectivity index (χ2v) is 2.78. The van der Waals surface area contributed by atoms with Crippen molar-refractivity contribution < 1.29 is 4.79 Å². The predicted octanol–water partition coefficient (Wildman–Crippen LogP) is 2.44. The summed E-state index contributed by atoms with van der Waals surface area (Å²) in [6, 6.07) is 11.3. The van der Waals surface area contributed by atoms with Gasteiger partial charge in [-0.2, -0.15) is 4.99 Å². The molecule has 3 nitrogen and oxygen atoms in total. The molecule has 0 saturated carbocycles. The zero-order valence-corrected chi connectivity index (χ0v) is 7.42. The van der Waals surface area contributed by atoms with Crippen molar-refractivity contribution in [3.63, 3.8) is 0 Å². The third kappa shape index (κ3) is 1.49. The molecule has 0 fully saturated rings. The fourth-order valence-corrected chi connectivity index (χ4v) is 1.32. The summed E-state index contributed by atoms with van der Waals surface area (Å²) in [6.07, 6.45) is 5.35. The molecule has 1 aromatic carbocycles. The zero-order chi connectivity index (χ0) is 9.80. The van der Waals surface area contributed by atoms with Crippen molar-refractivity contribution in [1.29, 1.82) is 0 Å². The number of para-hydroxylation sites is 2. The lowest BCUT2D eigenvalue weighted by Crippen LogP contribution is -1.88. The molecule has 14 heavy (non-hydrogen) atoms. The lowest BCUT2D eigenvalue weighted by Gasteiger charge is -2.04. The Labute approximate surface area is 81.3 Å². The molecular formula is C11H8N2O. The number of isocyanates is 1. The van der Waals surface area contributed by atoms with Crippen LogP contribution in [0.1, 0.15) is 0 Å². The van der Waals surface area contributed by atoms with Crippen LogP contribution in [0.5, 0.6) is 0 Å². The van der Waals surface area contributed by atoms with Crippen LogP contribution >= 0.6 is 0 Å². The highest BCUT2D eigenvalue weighted by atomic mass is 16.1. The minimum absolute atomic E-state index is 0.624. The topological polar surface area (TPSA) is 34.4 Å². The first-order valence-electron chi connectivity index (χ1n) is 4.22. The summed E-state index contributed by atoms with van der Waals surface area (Å²) in [6.45, 7) is 0. The van der Waals surface area contributed by atoms with E-state index in [0.29, 0.717) is 5.69 Å². The molecule has 1 aromatic heterocycles. The monoisotopic (exact) mass is 184 g/mol. The molecule has 2 rings (SSSR count). The highest BCUT2D eigenvalue weighted by molar-refractivity contribution is 5.61. The molecule has 0 unspecified atom stereocenters. The van der Waals surface area contributed by atoms with Gasteiger partial charge in [-0.3, -0.25) is 0 Å². The third-order valence-electron chi connectivity index (χ3n) is 1.93. The number of aliphatic imine (C=N–C) groups is 1. The molecule has 0 bridgehead atoms. The highest BCUT2D eigenvalue weighted by Crippen LogP contribution is 2.21. The summed E-state index contributed by atoms with van der Waals surface area (Å²) in [4.78, 5) is 13.8. The summed E-state index contributed by atoms with van der Waals surface area (Å²) in [5, 5.41) is 0. The van der Waals surface area contributed by atoms with Crippen molar-refractivity contribution in [3.8, 4) is 5.69 Å². The Bertz CT molecular complexity index is 468. The minimum atomic E-state index is 0.624. The first kappa shape index (κ1) is 8.48. The maximum Gasteiger partial charge on any atom is 0.240 e. The van der Waals surface area contributed by atoms with E-state index >= 15 is 0 Å². The summed E-state index contributed by atoms with van der Waals surface area (Å²) >= 11 is 0. The fourth-order valence-electron chi connectivity index (χ4n) is 1.32. The van der Waals surface area contributed by atoms with Crippen LogP contribution in [-0.2, 0) is 4.79 Å². The smallest absolute Gasteiger partial charge is 0.240 e. The Morgan fingerprint density at radius 1 is 1.07 bits per heavy atom. The van der Waals surface area contributed by atoms with Crippen LogP contribution in [0.25, 0.3) is 5.69 Å². The molecule has 0 atom stereocenters. The molecule has 1 heterocycles. The van der Waals surface area contributed by atoms with E-state index in [2.05, 4.69) is 4.99 Å². The quantitative estimate of drug-likeness (QED) is 0.521. The number of hydrogen-bond acceptors (Lipinski definition) is 2. The number of benzene rings is 1. The van der Waals surface area contributed by atoms with E-state index in [-0.39, 0.29) is 0 Å². The van der Waals surface area contributed by atoms with Gasteiger partial charge in [-0.15, -0.1) is 0 Å². The first-order chi connectivity index (χ1) is 6.92. The number of aromatic nitrogens is 1. The van der Waals surface area contributed by atoms with E-state index < -0.39 is 0 Å². The summed E-state index contributed by atoms with van der Waals surface area (Å²) in [7, 11) is 0. The normalized spacial score (nSPS) is 9.43. The van der Waals surface area contributed by atoms with Crippen LogP contribution in [0, 0.1) is 0 Å². The molecule has 0 radical (unpaired) electrons. The van der Waals surface area contributed by atoms with Gasteiger partial charge in [-0.1, -0.05) is 12.1 Å². The van der Waals surface area contributed by atoms with Gasteiger partial charge in [0.15, 0.2) is 0 Å². The molecule has 0 aliphatic rings. The van der Waals surface area contributed by atoms with Crippen molar-refractivity contribution in [3.05, 3.63) is 48.8 Å². The van der Waals surface area contributed by atoms with Crippen molar-refractivity contribution >= 4 is 11.8 Å². The van der Waals surface area contributed by atoms with Gasteiger partial charge in [0, 0.05) is 12.4 Å². The van der Waals surface area contributed by atoms with E-state index in [4.69, 9.17) is 0 Å². The average Bonchev–Trinajstić information content (AvgIpc) is 2.72. The molecule has 3 heteroatoms. The van der Waals surface area contributed by atoms with Crippen molar-refractivity contribution in [2.75, 3.05) is 0 Å². The van der Waals surface area contributed by atoms with Crippen LogP contribution in [0.15, 0.2) is 53.8 Å². The number of carbonyl (C=O) groups excluding carboxylic acids is 1. The Balaban J connectivity index is 2.57. The van der Waals surface area contributed by atoms with Crippen LogP contribution in [0.2, 0.25) is 0 Å². The molecule has 0 spiro atoms. The van der Waals surface area contributed by atoms with Gasteiger partial charge in [0.2, 0.25) is 6.08 Å². The first-order valence-corrected chi connectivity index (χ1v) is 4.22. The maximum absolute atomic E-state index is 10.2. The molecule has 68 valence electrons. The molecule has 0 aliphatic carbocycles. The Morgan fingerprint density at radius 3 is 2.50 bits per heavy atom. The van der Waals surface area contributed by atoms with Gasteiger partial charge < -0.3 is 4.57 Å². The van der Waals surface area contributed by atoms with E-state index in [0.717, 1.165) is 5.69 Å². The van der Waals surface area contributed by atoms with E-state index in [1.54, 1.807) is 12.1 Å². The van der Waals surface area contributed by atoms with E-state index in [1.165, 1.54) is 0 Å². The molecule has 0 aliphatic heterocycles. The maximum atomic E-state index is 10.2. The van der Waals surface area contributed by atoms with E-state index in [1.807, 2.05) is 47.3 Å². The van der Waals surface area contributed by atoms with Gasteiger partial charge in [-0.05, 0) is 24.3 Å². The zero-order valence-electron chi connectivity index (χ0n) is 7.42. The van der Waals surface area contributed by atoms with Gasteiger partial charge in [0.1, 0.15) is 5.69 Å². The number of rotatable bonds is 2. The Hall–Kier alpha value is -2.12. The molecular weight excluding hydrogens is 176 g/mol. The van der Waals surface area contributed by atoms with Gasteiger partial charge in [0.25, 0.3) is 0 Å². The van der Waals surface area contributed by atoms with Crippen molar-refractivity contribution in [2.24, 2.45) is 4.99 Å². The predicted molar refractivity (Wildman–Crippen MR) is 53.6 cm³/mol. The molecule has 0 amide bonds. The molecule has 0 saturated heterocycles. The minimum Gasteiger partial charge on any atom is -0.322 e. The summed E-state index contributed by atoms with van der Waals surface area (Å²) in [5.41, 5.74) is 1.50. The average molecular weight is 184 g/mol. The van der Waals surface area contributed by atoms with Crippen molar-refractivity contribution in [1.82, 2.24) is 4.57 Å². The fraction of sp³-hybridized carbons (Fsp3) is 0. The standard InChI is InChI=1S/C11H8N2O/c14-9-12-10-5-1-2-6-11(10)13-7-3-4-8-13/h1-8H. The van der Waals surface area contributed by atoms with Crippen LogP contribution in [0.3, 0.4) is 0 Å². The largest absolute Gasteiger partial charge is 0.322 e. The lowest BCUT2D eigenvalue weighted by molar-refractivity contribution is 0.565. The summed E-state index contributed by atoms with van der Waals surface area (Å²) < 4.78 is 1.90. The van der Waals surface area contributed by atoms with Gasteiger partial charge in [0.05, 0.1) is 5.69 Å². The SMILES string of the molecule is O=C=Nc1ccccc1-n1cccc1. The lowest BCUT2D eigenvalue weighted by atomic mass is 10.2. The third-order valence-corrected chi connectivity index (χ3v) is 1.93. The molecule has 2 aromatic rings. The van der Waals surface area contributed by atoms with Gasteiger partial charge in [-0.25, -0.2) is 4.79 Å². The number of hydrogen-bond donors (Lipinski definition) is 0. The summed E-state index contributed by atoms with van der Waals surface area (Å²) in [5.74, 6) is 0. The highest BCUT2D eigenvalue weighted by Gasteiger charge is 2.00. The number of nitrogens with zero attached hydrogens (tertiary/aromatic N) is 2.